The van der Waals surface area contributed by atoms with Gasteiger partial charge in [0.1, 0.15) is 22.1 Å². The highest BCUT2D eigenvalue weighted by atomic mass is 32.1. The van der Waals surface area contributed by atoms with Gasteiger partial charge in [-0.2, -0.15) is 17.5 Å². The summed E-state index contributed by atoms with van der Waals surface area (Å²) < 4.78 is 18.6. The average Bonchev–Trinajstić information content (AvgIpc) is 3.68. The standard InChI is InChI=1S/C26H17N5S4/c1-13-3-11-21(32-13)17-7-5-15(23-25(17)30-34-28-23)19-9-10-20(27-19)16-6-8-18(22-12-4-14(2)33-22)26-24(16)29-35-31-26/h3-12,27H,1-2H3. The molecule has 0 aliphatic carbocycles. The van der Waals surface area contributed by atoms with Gasteiger partial charge in [0.25, 0.3) is 0 Å². The van der Waals surface area contributed by atoms with Crippen LogP contribution in [0.3, 0.4) is 0 Å². The Morgan fingerprint density at radius 3 is 1.29 bits per heavy atom. The molecule has 0 radical (unpaired) electrons. The van der Waals surface area contributed by atoms with Gasteiger partial charge in [0.05, 0.1) is 23.5 Å². The lowest BCUT2D eigenvalue weighted by Gasteiger charge is -2.05. The molecule has 0 bridgehead atoms. The molecule has 0 spiro atoms. The molecule has 2 aromatic carbocycles. The highest BCUT2D eigenvalue weighted by Gasteiger charge is 2.18. The van der Waals surface area contributed by atoms with E-state index in [1.165, 1.54) is 43.0 Å². The number of hydrogen-bond acceptors (Lipinski definition) is 8. The molecule has 35 heavy (non-hydrogen) atoms. The maximum absolute atomic E-state index is 4.65. The van der Waals surface area contributed by atoms with E-state index in [0.717, 1.165) is 55.7 Å². The number of thiophene rings is 2. The summed E-state index contributed by atoms with van der Waals surface area (Å²) in [5.41, 5.74) is 10.2. The summed E-state index contributed by atoms with van der Waals surface area (Å²) in [4.78, 5) is 8.64. The van der Waals surface area contributed by atoms with Crippen LogP contribution in [0.15, 0.2) is 60.7 Å². The van der Waals surface area contributed by atoms with Gasteiger partial charge < -0.3 is 4.98 Å². The third-order valence-electron chi connectivity index (χ3n) is 6.11. The minimum atomic E-state index is 0.927. The van der Waals surface area contributed by atoms with Crippen LogP contribution >= 0.6 is 46.1 Å². The summed E-state index contributed by atoms with van der Waals surface area (Å²) in [6.45, 7) is 4.25. The molecular weight excluding hydrogens is 511 g/mol. The van der Waals surface area contributed by atoms with E-state index in [1.807, 2.05) is 0 Å². The minimum absolute atomic E-state index is 0.927. The van der Waals surface area contributed by atoms with Crippen LogP contribution in [0, 0.1) is 13.8 Å². The lowest BCUT2D eigenvalue weighted by molar-refractivity contribution is 1.40. The average molecular weight is 528 g/mol. The van der Waals surface area contributed by atoms with Crippen molar-refractivity contribution < 1.29 is 0 Å². The second kappa shape index (κ2) is 8.17. The van der Waals surface area contributed by atoms with Gasteiger partial charge in [-0.1, -0.05) is 12.1 Å². The van der Waals surface area contributed by atoms with Crippen molar-refractivity contribution in [2.24, 2.45) is 0 Å². The molecule has 5 heterocycles. The van der Waals surface area contributed by atoms with Gasteiger partial charge in [-0.15, -0.1) is 22.7 Å². The molecule has 7 rings (SSSR count). The number of aromatic amines is 1. The van der Waals surface area contributed by atoms with Crippen LogP contribution in [-0.2, 0) is 0 Å². The van der Waals surface area contributed by atoms with Crippen molar-refractivity contribution >= 4 is 68.2 Å². The Kier molecular flexibility index (Phi) is 4.92. The highest BCUT2D eigenvalue weighted by molar-refractivity contribution is 7.15. The molecule has 0 atom stereocenters. The summed E-state index contributed by atoms with van der Waals surface area (Å²) in [6, 6.07) is 21.4. The molecule has 5 aromatic heterocycles. The van der Waals surface area contributed by atoms with Crippen LogP contribution in [0.1, 0.15) is 9.75 Å². The predicted octanol–water partition coefficient (Wildman–Crippen LogP) is 8.43. The van der Waals surface area contributed by atoms with Crippen LogP contribution in [0.25, 0.3) is 65.5 Å². The largest absolute Gasteiger partial charge is 0.354 e. The molecule has 1 N–H and O–H groups in total. The van der Waals surface area contributed by atoms with Crippen LogP contribution < -0.4 is 0 Å². The molecule has 170 valence electrons. The second-order valence-corrected chi connectivity index (χ2v) is 12.0. The molecule has 0 unspecified atom stereocenters. The Morgan fingerprint density at radius 2 is 0.886 bits per heavy atom. The van der Waals surface area contributed by atoms with Gasteiger partial charge >= 0.3 is 0 Å². The van der Waals surface area contributed by atoms with Crippen molar-refractivity contribution in [1.82, 2.24) is 22.5 Å². The fourth-order valence-electron chi connectivity index (χ4n) is 4.43. The first-order valence-corrected chi connectivity index (χ1v) is 14.1. The first-order chi connectivity index (χ1) is 17.2. The van der Waals surface area contributed by atoms with Crippen molar-refractivity contribution in [1.29, 1.82) is 0 Å². The number of fused-ring (bicyclic) bond motifs is 2. The van der Waals surface area contributed by atoms with Crippen molar-refractivity contribution in [2.75, 3.05) is 0 Å². The molecule has 0 saturated carbocycles. The highest BCUT2D eigenvalue weighted by Crippen LogP contribution is 2.40. The molecule has 0 aliphatic heterocycles. The van der Waals surface area contributed by atoms with E-state index in [2.05, 4.69) is 97.0 Å². The summed E-state index contributed by atoms with van der Waals surface area (Å²) in [7, 11) is 0. The van der Waals surface area contributed by atoms with Gasteiger partial charge in [-0.25, -0.2) is 0 Å². The zero-order valence-electron chi connectivity index (χ0n) is 18.7. The quantitative estimate of drug-likeness (QED) is 0.249. The maximum Gasteiger partial charge on any atom is 0.114 e. The Labute approximate surface area is 217 Å². The second-order valence-electron chi connectivity index (χ2n) is 8.35. The van der Waals surface area contributed by atoms with Crippen molar-refractivity contribution in [2.45, 2.75) is 13.8 Å². The third-order valence-corrected chi connectivity index (χ3v) is 9.23. The van der Waals surface area contributed by atoms with E-state index < -0.39 is 0 Å². The van der Waals surface area contributed by atoms with E-state index in [9.17, 15) is 0 Å². The van der Waals surface area contributed by atoms with Crippen molar-refractivity contribution in [3.63, 3.8) is 0 Å². The fraction of sp³-hybridized carbons (Fsp3) is 0.0769. The zero-order valence-corrected chi connectivity index (χ0v) is 22.0. The zero-order chi connectivity index (χ0) is 23.5. The van der Waals surface area contributed by atoms with Crippen molar-refractivity contribution in [3.05, 3.63) is 70.4 Å². The fourth-order valence-corrected chi connectivity index (χ4v) is 7.37. The topological polar surface area (TPSA) is 67.3 Å². The molecule has 0 fully saturated rings. The molecule has 7 aromatic rings. The van der Waals surface area contributed by atoms with Crippen LogP contribution in [-0.4, -0.2) is 22.5 Å². The third kappa shape index (κ3) is 3.46. The number of benzene rings is 2. The van der Waals surface area contributed by atoms with Gasteiger partial charge in [0, 0.05) is 53.2 Å². The Morgan fingerprint density at radius 1 is 0.486 bits per heavy atom. The molecule has 5 nitrogen and oxygen atoms in total. The number of nitrogens with one attached hydrogen (secondary N) is 1. The number of hydrogen-bond donors (Lipinski definition) is 1. The predicted molar refractivity (Wildman–Crippen MR) is 150 cm³/mol. The number of H-pyrrole nitrogens is 1. The number of aromatic nitrogens is 5. The Bertz CT molecular complexity index is 1720. The lowest BCUT2D eigenvalue weighted by Crippen LogP contribution is -1.86. The van der Waals surface area contributed by atoms with E-state index in [-0.39, 0.29) is 0 Å². The van der Waals surface area contributed by atoms with Gasteiger partial charge in [-0.05, 0) is 62.4 Å². The first kappa shape index (κ1) is 21.1. The number of aryl methyl sites for hydroxylation is 2. The van der Waals surface area contributed by atoms with Gasteiger partial charge in [0.2, 0.25) is 0 Å². The van der Waals surface area contributed by atoms with Gasteiger partial charge in [-0.3, -0.25) is 0 Å². The van der Waals surface area contributed by atoms with E-state index >= 15 is 0 Å². The van der Waals surface area contributed by atoms with E-state index in [1.54, 1.807) is 22.7 Å². The minimum Gasteiger partial charge on any atom is -0.354 e. The van der Waals surface area contributed by atoms with Crippen molar-refractivity contribution in [3.8, 4) is 43.4 Å². The summed E-state index contributed by atoms with van der Waals surface area (Å²) in [5.74, 6) is 0. The normalized spacial score (nSPS) is 11.7. The molecule has 0 amide bonds. The van der Waals surface area contributed by atoms with E-state index in [4.69, 9.17) is 0 Å². The summed E-state index contributed by atoms with van der Waals surface area (Å²) in [5, 5.41) is 0. The van der Waals surface area contributed by atoms with Crippen LogP contribution in [0.5, 0.6) is 0 Å². The number of nitrogens with zero attached hydrogens (tertiary/aromatic N) is 4. The SMILES string of the molecule is Cc1ccc(-c2ccc(-c3ccc(-c4ccc(-c5ccc(C)s5)c5nsnc45)[nH]3)c3nsnc23)s1. The van der Waals surface area contributed by atoms with E-state index in [0.29, 0.717) is 0 Å². The summed E-state index contributed by atoms with van der Waals surface area (Å²) >= 11 is 6.08. The molecule has 0 aliphatic rings. The van der Waals surface area contributed by atoms with Crippen LogP contribution in [0.4, 0.5) is 0 Å². The molecule has 9 heteroatoms. The Balaban J connectivity index is 1.32. The van der Waals surface area contributed by atoms with Gasteiger partial charge in [0.15, 0.2) is 0 Å². The molecular formula is C26H17N5S4. The monoisotopic (exact) mass is 527 g/mol. The Hall–Kier alpha value is -3.24. The maximum atomic E-state index is 4.65. The lowest BCUT2D eigenvalue weighted by atomic mass is 10.1. The molecule has 0 saturated heterocycles. The smallest absolute Gasteiger partial charge is 0.114 e. The number of rotatable bonds is 4. The first-order valence-electron chi connectivity index (χ1n) is 11.0. The summed E-state index contributed by atoms with van der Waals surface area (Å²) in [6.07, 6.45) is 0. The van der Waals surface area contributed by atoms with Crippen LogP contribution in [0.2, 0.25) is 0 Å².